The van der Waals surface area contributed by atoms with Crippen molar-refractivity contribution >= 4 is 11.6 Å². The number of halogens is 2. The van der Waals surface area contributed by atoms with Gasteiger partial charge in [0.1, 0.15) is 5.82 Å². The van der Waals surface area contributed by atoms with Crippen LogP contribution in [0.5, 0.6) is 0 Å². The molecule has 0 saturated heterocycles. The molecule has 0 nitrogen and oxygen atoms in total. The smallest absolute Gasteiger partial charge is 0.127 e. The molecule has 0 saturated carbocycles. The fraction of sp³-hybridized carbons (Fsp3) is 0.125. The van der Waals surface area contributed by atoms with E-state index in [1.165, 1.54) is 6.07 Å². The highest BCUT2D eigenvalue weighted by molar-refractivity contribution is 6.32. The van der Waals surface area contributed by atoms with Gasteiger partial charge in [-0.2, -0.15) is 0 Å². The quantitative estimate of drug-likeness (QED) is 0.543. The Bertz CT molecular complexity index is 229. The summed E-state index contributed by atoms with van der Waals surface area (Å²) in [6.45, 7) is 5.29. The van der Waals surface area contributed by atoms with Gasteiger partial charge in [-0.25, -0.2) is 4.39 Å². The SMILES string of the molecule is [CH2]c1c(F)ccc(C)c1Cl. The van der Waals surface area contributed by atoms with Crippen LogP contribution in [0, 0.1) is 19.7 Å². The van der Waals surface area contributed by atoms with Gasteiger partial charge in [-0.05, 0) is 25.5 Å². The van der Waals surface area contributed by atoms with Gasteiger partial charge in [0.15, 0.2) is 0 Å². The van der Waals surface area contributed by atoms with Crippen LogP contribution >= 0.6 is 11.6 Å². The van der Waals surface area contributed by atoms with Gasteiger partial charge < -0.3 is 0 Å². The van der Waals surface area contributed by atoms with Crippen molar-refractivity contribution in [2.24, 2.45) is 0 Å². The van der Waals surface area contributed by atoms with Crippen LogP contribution in [0.1, 0.15) is 11.1 Å². The van der Waals surface area contributed by atoms with E-state index in [2.05, 4.69) is 6.92 Å². The topological polar surface area (TPSA) is 0 Å². The van der Waals surface area contributed by atoms with Crippen LogP contribution in [0.2, 0.25) is 5.02 Å². The van der Waals surface area contributed by atoms with E-state index >= 15 is 0 Å². The van der Waals surface area contributed by atoms with Gasteiger partial charge >= 0.3 is 0 Å². The van der Waals surface area contributed by atoms with E-state index in [0.29, 0.717) is 5.02 Å². The van der Waals surface area contributed by atoms with E-state index in [4.69, 9.17) is 11.6 Å². The first-order chi connectivity index (χ1) is 4.63. The monoisotopic (exact) mass is 157 g/mol. The Morgan fingerprint density at radius 1 is 1.50 bits per heavy atom. The third kappa shape index (κ3) is 1.14. The van der Waals surface area contributed by atoms with Gasteiger partial charge in [-0.3, -0.25) is 0 Å². The fourth-order valence-electron chi connectivity index (χ4n) is 0.715. The third-order valence-electron chi connectivity index (χ3n) is 1.38. The molecule has 0 aromatic heterocycles. The summed E-state index contributed by atoms with van der Waals surface area (Å²) in [6.07, 6.45) is 0. The predicted molar refractivity (Wildman–Crippen MR) is 40.6 cm³/mol. The molecule has 0 atom stereocenters. The molecular weight excluding hydrogens is 151 g/mol. The number of hydrogen-bond acceptors (Lipinski definition) is 0. The lowest BCUT2D eigenvalue weighted by Crippen LogP contribution is -1.85. The van der Waals surface area contributed by atoms with Crippen molar-refractivity contribution in [2.75, 3.05) is 0 Å². The fourth-order valence-corrected chi connectivity index (χ4v) is 0.868. The van der Waals surface area contributed by atoms with Crippen molar-refractivity contribution in [3.63, 3.8) is 0 Å². The van der Waals surface area contributed by atoms with Crippen molar-refractivity contribution in [3.05, 3.63) is 41.0 Å². The van der Waals surface area contributed by atoms with Crippen LogP contribution in [0.3, 0.4) is 0 Å². The summed E-state index contributed by atoms with van der Waals surface area (Å²) in [7, 11) is 0. The Morgan fingerprint density at radius 2 is 2.10 bits per heavy atom. The van der Waals surface area contributed by atoms with Crippen molar-refractivity contribution in [3.8, 4) is 0 Å². The molecular formula is C8H7ClF. The molecule has 0 aliphatic rings. The summed E-state index contributed by atoms with van der Waals surface area (Å²) < 4.78 is 12.6. The predicted octanol–water partition coefficient (Wildman–Crippen LogP) is 2.97. The Hall–Kier alpha value is -0.560. The number of aryl methyl sites for hydroxylation is 1. The highest BCUT2D eigenvalue weighted by Crippen LogP contribution is 2.21. The molecule has 2 heteroatoms. The maximum Gasteiger partial charge on any atom is 0.127 e. The van der Waals surface area contributed by atoms with Crippen LogP contribution in [-0.4, -0.2) is 0 Å². The molecule has 0 aliphatic heterocycles. The zero-order valence-corrected chi connectivity index (χ0v) is 6.37. The van der Waals surface area contributed by atoms with Gasteiger partial charge in [0.2, 0.25) is 0 Å². The first-order valence-electron chi connectivity index (χ1n) is 2.89. The van der Waals surface area contributed by atoms with E-state index in [-0.39, 0.29) is 11.4 Å². The van der Waals surface area contributed by atoms with Crippen LogP contribution in [0.4, 0.5) is 4.39 Å². The molecule has 1 aromatic carbocycles. The van der Waals surface area contributed by atoms with E-state index in [1.54, 1.807) is 6.07 Å². The average Bonchev–Trinajstić information content (AvgIpc) is 1.93. The first kappa shape index (κ1) is 7.55. The molecule has 1 aromatic rings. The highest BCUT2D eigenvalue weighted by Gasteiger charge is 2.02. The molecule has 1 rings (SSSR count). The number of rotatable bonds is 0. The zero-order valence-electron chi connectivity index (χ0n) is 5.62. The molecule has 53 valence electrons. The largest absolute Gasteiger partial charge is 0.207 e. The van der Waals surface area contributed by atoms with Crippen LogP contribution < -0.4 is 0 Å². The van der Waals surface area contributed by atoms with Crippen LogP contribution in [0.25, 0.3) is 0 Å². The minimum atomic E-state index is -0.351. The Labute approximate surface area is 64.6 Å². The van der Waals surface area contributed by atoms with E-state index in [0.717, 1.165) is 5.56 Å². The summed E-state index contributed by atoms with van der Waals surface area (Å²) in [6, 6.07) is 3.00. The summed E-state index contributed by atoms with van der Waals surface area (Å²) in [5.74, 6) is -0.351. The van der Waals surface area contributed by atoms with E-state index in [9.17, 15) is 4.39 Å². The molecule has 0 fully saturated rings. The van der Waals surface area contributed by atoms with E-state index in [1.807, 2.05) is 6.92 Å². The van der Waals surface area contributed by atoms with Crippen LogP contribution in [-0.2, 0) is 0 Å². The lowest BCUT2D eigenvalue weighted by atomic mass is 10.1. The molecule has 1 radical (unpaired) electrons. The Kier molecular flexibility index (Phi) is 1.95. The van der Waals surface area contributed by atoms with Crippen molar-refractivity contribution < 1.29 is 4.39 Å². The second-order valence-corrected chi connectivity index (χ2v) is 2.53. The first-order valence-corrected chi connectivity index (χ1v) is 3.27. The second kappa shape index (κ2) is 2.59. The highest BCUT2D eigenvalue weighted by atomic mass is 35.5. The number of hydrogen-bond donors (Lipinski definition) is 0. The average molecular weight is 158 g/mol. The maximum absolute atomic E-state index is 12.6. The summed E-state index contributed by atoms with van der Waals surface area (Å²) in [4.78, 5) is 0. The number of benzene rings is 1. The second-order valence-electron chi connectivity index (χ2n) is 2.16. The normalized spacial score (nSPS) is 10.0. The molecule has 0 unspecified atom stereocenters. The van der Waals surface area contributed by atoms with Crippen molar-refractivity contribution in [1.29, 1.82) is 0 Å². The lowest BCUT2D eigenvalue weighted by molar-refractivity contribution is 0.622. The van der Waals surface area contributed by atoms with E-state index < -0.39 is 0 Å². The van der Waals surface area contributed by atoms with Crippen LogP contribution in [0.15, 0.2) is 12.1 Å². The summed E-state index contributed by atoms with van der Waals surface area (Å²) in [5, 5.41) is 0.417. The minimum Gasteiger partial charge on any atom is -0.207 e. The maximum atomic E-state index is 12.6. The van der Waals surface area contributed by atoms with Gasteiger partial charge in [-0.1, -0.05) is 17.7 Å². The molecule has 0 N–H and O–H groups in total. The summed E-state index contributed by atoms with van der Waals surface area (Å²) >= 11 is 5.68. The lowest BCUT2D eigenvalue weighted by Gasteiger charge is -2.01. The Balaban J connectivity index is 3.34. The Morgan fingerprint density at radius 3 is 2.60 bits per heavy atom. The molecule has 0 aliphatic carbocycles. The van der Waals surface area contributed by atoms with Gasteiger partial charge in [-0.15, -0.1) is 0 Å². The standard InChI is InChI=1S/C8H7ClF/c1-5-3-4-7(10)6(2)8(5)9/h3-4H,2H2,1H3. The zero-order chi connectivity index (χ0) is 7.72. The molecule has 10 heavy (non-hydrogen) atoms. The van der Waals surface area contributed by atoms with Gasteiger partial charge in [0, 0.05) is 10.6 Å². The minimum absolute atomic E-state index is 0.279. The molecule has 0 bridgehead atoms. The van der Waals surface area contributed by atoms with Gasteiger partial charge in [0.05, 0.1) is 0 Å². The van der Waals surface area contributed by atoms with Crippen molar-refractivity contribution in [2.45, 2.75) is 6.92 Å². The third-order valence-corrected chi connectivity index (χ3v) is 1.91. The molecule has 0 heterocycles. The summed E-state index contributed by atoms with van der Waals surface area (Å²) in [5.41, 5.74) is 1.13. The van der Waals surface area contributed by atoms with Gasteiger partial charge in [0.25, 0.3) is 0 Å². The van der Waals surface area contributed by atoms with Crippen molar-refractivity contribution in [1.82, 2.24) is 0 Å². The molecule has 0 spiro atoms. The molecule has 0 amide bonds.